The molecule has 0 amide bonds. The van der Waals surface area contributed by atoms with E-state index in [9.17, 15) is 0 Å². The van der Waals surface area contributed by atoms with E-state index >= 15 is 0 Å². The van der Waals surface area contributed by atoms with E-state index < -0.39 is 0 Å². The summed E-state index contributed by atoms with van der Waals surface area (Å²) < 4.78 is 5.13. The lowest BCUT2D eigenvalue weighted by molar-refractivity contribution is 0.181. The number of nitrogens with zero attached hydrogens (tertiary/aromatic N) is 2. The molecule has 1 heterocycles. The third-order valence-electron chi connectivity index (χ3n) is 2.40. The summed E-state index contributed by atoms with van der Waals surface area (Å²) in [5, 5.41) is 0.574. The largest absolute Gasteiger partial charge is 0.397 e. The van der Waals surface area contributed by atoms with Crippen molar-refractivity contribution in [3.8, 4) is 0 Å². The molecule has 0 saturated carbocycles. The van der Waals surface area contributed by atoms with Gasteiger partial charge in [-0.1, -0.05) is 11.6 Å². The van der Waals surface area contributed by atoms with E-state index in [-0.39, 0.29) is 6.04 Å². The van der Waals surface area contributed by atoms with Gasteiger partial charge in [0.2, 0.25) is 0 Å². The number of anilines is 2. The lowest BCUT2D eigenvalue weighted by atomic mass is 10.3. The molecule has 5 heteroatoms. The van der Waals surface area contributed by atoms with Crippen LogP contribution in [0.4, 0.5) is 11.5 Å². The van der Waals surface area contributed by atoms with Gasteiger partial charge in [-0.3, -0.25) is 0 Å². The second-order valence-corrected chi connectivity index (χ2v) is 4.07. The zero-order valence-electron chi connectivity index (χ0n) is 9.90. The van der Waals surface area contributed by atoms with Crippen LogP contribution < -0.4 is 10.6 Å². The molecule has 0 aromatic carbocycles. The summed E-state index contributed by atoms with van der Waals surface area (Å²) in [6.45, 7) is 5.58. The van der Waals surface area contributed by atoms with Crippen LogP contribution in [0.5, 0.6) is 0 Å². The molecule has 4 nitrogen and oxygen atoms in total. The molecular formula is C11H18ClN3O. The van der Waals surface area contributed by atoms with Gasteiger partial charge in [0.25, 0.3) is 0 Å². The second-order valence-electron chi connectivity index (χ2n) is 3.66. The van der Waals surface area contributed by atoms with Crippen molar-refractivity contribution < 1.29 is 4.74 Å². The van der Waals surface area contributed by atoms with Crippen molar-refractivity contribution in [3.63, 3.8) is 0 Å². The lowest BCUT2D eigenvalue weighted by Gasteiger charge is -2.29. The van der Waals surface area contributed by atoms with Crippen LogP contribution in [0, 0.1) is 0 Å². The molecule has 2 N–H and O–H groups in total. The lowest BCUT2D eigenvalue weighted by Crippen LogP contribution is -2.36. The number of ether oxygens (including phenoxy) is 1. The Balaban J connectivity index is 2.94. The molecule has 0 spiro atoms. The highest BCUT2D eigenvalue weighted by atomic mass is 35.5. The number of hydrogen-bond donors (Lipinski definition) is 1. The quantitative estimate of drug-likeness (QED) is 0.861. The molecule has 1 rings (SSSR count). The summed E-state index contributed by atoms with van der Waals surface area (Å²) >= 11 is 6.12. The molecule has 0 aliphatic rings. The zero-order valence-corrected chi connectivity index (χ0v) is 10.7. The fourth-order valence-electron chi connectivity index (χ4n) is 1.66. The van der Waals surface area contributed by atoms with E-state index in [2.05, 4.69) is 23.7 Å². The number of methoxy groups -OCH3 is 1. The molecule has 0 radical (unpaired) electrons. The number of halogens is 1. The first-order valence-corrected chi connectivity index (χ1v) is 5.64. The number of likely N-dealkylation sites (N-methyl/N-ethyl adjacent to an activating group) is 1. The molecule has 1 aromatic rings. The highest BCUT2D eigenvalue weighted by molar-refractivity contribution is 6.33. The maximum Gasteiger partial charge on any atom is 0.147 e. The van der Waals surface area contributed by atoms with Crippen LogP contribution >= 0.6 is 11.6 Å². The summed E-state index contributed by atoms with van der Waals surface area (Å²) in [5.41, 5.74) is 6.19. The average Bonchev–Trinajstić information content (AvgIpc) is 2.22. The first kappa shape index (κ1) is 13.1. The van der Waals surface area contributed by atoms with E-state index in [1.54, 1.807) is 19.4 Å². The highest BCUT2D eigenvalue weighted by Crippen LogP contribution is 2.26. The topological polar surface area (TPSA) is 51.4 Å². The Morgan fingerprint density at radius 1 is 1.62 bits per heavy atom. The predicted octanol–water partition coefficient (Wildman–Crippen LogP) is 2.18. The van der Waals surface area contributed by atoms with Crippen LogP contribution in [-0.2, 0) is 4.74 Å². The maximum atomic E-state index is 6.12. The van der Waals surface area contributed by atoms with Gasteiger partial charge >= 0.3 is 0 Å². The van der Waals surface area contributed by atoms with Gasteiger partial charge in [0.15, 0.2) is 0 Å². The van der Waals surface area contributed by atoms with Gasteiger partial charge in [-0.15, -0.1) is 0 Å². The Kier molecular flexibility index (Phi) is 4.83. The maximum absolute atomic E-state index is 6.12. The highest BCUT2D eigenvalue weighted by Gasteiger charge is 2.16. The monoisotopic (exact) mass is 243 g/mol. The molecule has 1 atom stereocenters. The molecule has 0 fully saturated rings. The number of aromatic nitrogens is 1. The van der Waals surface area contributed by atoms with E-state index in [0.29, 0.717) is 17.3 Å². The van der Waals surface area contributed by atoms with E-state index in [0.717, 1.165) is 12.4 Å². The van der Waals surface area contributed by atoms with Gasteiger partial charge in [0.1, 0.15) is 5.82 Å². The predicted molar refractivity (Wildman–Crippen MR) is 68.0 cm³/mol. The summed E-state index contributed by atoms with van der Waals surface area (Å²) in [4.78, 5) is 6.35. The van der Waals surface area contributed by atoms with Gasteiger partial charge in [-0.25, -0.2) is 4.98 Å². The Bertz CT molecular complexity index is 346. The molecule has 1 unspecified atom stereocenters. The molecule has 0 saturated heterocycles. The van der Waals surface area contributed by atoms with Crippen molar-refractivity contribution in [1.29, 1.82) is 0 Å². The normalized spacial score (nSPS) is 12.5. The Hall–Kier alpha value is -1.00. The van der Waals surface area contributed by atoms with Crippen molar-refractivity contribution in [3.05, 3.63) is 17.3 Å². The fourth-order valence-corrected chi connectivity index (χ4v) is 1.94. The number of hydrogen-bond acceptors (Lipinski definition) is 4. The summed E-state index contributed by atoms with van der Waals surface area (Å²) in [6.07, 6.45) is 1.61. The van der Waals surface area contributed by atoms with Crippen molar-refractivity contribution in [2.45, 2.75) is 19.9 Å². The van der Waals surface area contributed by atoms with Crippen LogP contribution in [0.25, 0.3) is 0 Å². The Morgan fingerprint density at radius 2 is 2.31 bits per heavy atom. The van der Waals surface area contributed by atoms with Crippen LogP contribution in [-0.4, -0.2) is 31.3 Å². The fraction of sp³-hybridized carbons (Fsp3) is 0.545. The van der Waals surface area contributed by atoms with Gasteiger partial charge in [0, 0.05) is 13.7 Å². The van der Waals surface area contributed by atoms with Crippen molar-refractivity contribution >= 4 is 23.1 Å². The van der Waals surface area contributed by atoms with Crippen molar-refractivity contribution in [2.24, 2.45) is 0 Å². The van der Waals surface area contributed by atoms with Gasteiger partial charge in [-0.05, 0) is 19.9 Å². The number of nitrogen functional groups attached to an aromatic ring is 1. The molecule has 0 bridgehead atoms. The van der Waals surface area contributed by atoms with E-state index in [1.165, 1.54) is 0 Å². The van der Waals surface area contributed by atoms with Gasteiger partial charge in [0.05, 0.1) is 29.6 Å². The molecule has 0 aliphatic heterocycles. The van der Waals surface area contributed by atoms with Crippen LogP contribution in [0.3, 0.4) is 0 Å². The third kappa shape index (κ3) is 3.00. The minimum atomic E-state index is 0.226. The molecular weight excluding hydrogens is 226 g/mol. The Morgan fingerprint density at radius 3 is 2.81 bits per heavy atom. The molecule has 16 heavy (non-hydrogen) atoms. The second kappa shape index (κ2) is 5.92. The van der Waals surface area contributed by atoms with Crippen molar-refractivity contribution in [2.75, 3.05) is 30.9 Å². The SMILES string of the molecule is CCN(c1ncc(N)cc1Cl)C(C)COC. The van der Waals surface area contributed by atoms with Crippen LogP contribution in [0.2, 0.25) is 5.02 Å². The average molecular weight is 244 g/mol. The minimum absolute atomic E-state index is 0.226. The summed E-state index contributed by atoms with van der Waals surface area (Å²) in [5.74, 6) is 0.753. The summed E-state index contributed by atoms with van der Waals surface area (Å²) in [6, 6.07) is 1.94. The molecule has 1 aromatic heterocycles. The van der Waals surface area contributed by atoms with E-state index in [1.807, 2.05) is 0 Å². The number of rotatable bonds is 5. The summed E-state index contributed by atoms with van der Waals surface area (Å²) in [7, 11) is 1.68. The number of pyridine rings is 1. The van der Waals surface area contributed by atoms with Crippen molar-refractivity contribution in [1.82, 2.24) is 4.98 Å². The standard InChI is InChI=1S/C11H18ClN3O/c1-4-15(8(2)7-16-3)11-10(12)5-9(13)6-14-11/h5-6,8H,4,7,13H2,1-3H3. The molecule has 90 valence electrons. The van der Waals surface area contributed by atoms with Crippen LogP contribution in [0.15, 0.2) is 12.3 Å². The van der Waals surface area contributed by atoms with Gasteiger partial charge < -0.3 is 15.4 Å². The van der Waals surface area contributed by atoms with Gasteiger partial charge in [-0.2, -0.15) is 0 Å². The number of nitrogens with two attached hydrogens (primary N) is 1. The first-order valence-electron chi connectivity index (χ1n) is 5.26. The zero-order chi connectivity index (χ0) is 12.1. The molecule has 0 aliphatic carbocycles. The first-order chi connectivity index (χ1) is 7.60. The minimum Gasteiger partial charge on any atom is -0.397 e. The third-order valence-corrected chi connectivity index (χ3v) is 2.67. The van der Waals surface area contributed by atoms with Crippen LogP contribution in [0.1, 0.15) is 13.8 Å². The Labute approximate surface area is 101 Å². The van der Waals surface area contributed by atoms with E-state index in [4.69, 9.17) is 22.1 Å². The smallest absolute Gasteiger partial charge is 0.147 e.